The molecule has 0 aromatic heterocycles. The van der Waals surface area contributed by atoms with Gasteiger partial charge in [0.05, 0.1) is 18.1 Å². The predicted molar refractivity (Wildman–Crippen MR) is 79.8 cm³/mol. The molecule has 0 saturated carbocycles. The van der Waals surface area contributed by atoms with Crippen LogP contribution in [-0.2, 0) is 14.3 Å². The van der Waals surface area contributed by atoms with E-state index >= 15 is 0 Å². The standard InChI is InChI=1S/C16H23NO4/c1-5-20-14(18)16(3,4)11-21-15(19)17-12(2)13-9-7-6-8-10-13/h6-10,12H,5,11H2,1-4H3,(H,17,19). The van der Waals surface area contributed by atoms with Gasteiger partial charge in [-0.1, -0.05) is 30.3 Å². The molecule has 0 fully saturated rings. The Labute approximate surface area is 125 Å². The molecule has 116 valence electrons. The Bertz CT molecular complexity index is 470. The van der Waals surface area contributed by atoms with Gasteiger partial charge in [-0.25, -0.2) is 4.79 Å². The number of carbonyl (C=O) groups is 2. The van der Waals surface area contributed by atoms with Gasteiger partial charge in [-0.15, -0.1) is 0 Å². The third-order valence-electron chi connectivity index (χ3n) is 3.03. The molecule has 21 heavy (non-hydrogen) atoms. The number of carbonyl (C=O) groups excluding carboxylic acids is 2. The van der Waals surface area contributed by atoms with Gasteiger partial charge < -0.3 is 14.8 Å². The number of alkyl carbamates (subject to hydrolysis) is 1. The van der Waals surface area contributed by atoms with Gasteiger partial charge in [0.1, 0.15) is 6.61 Å². The van der Waals surface area contributed by atoms with Crippen LogP contribution in [0.15, 0.2) is 30.3 Å². The van der Waals surface area contributed by atoms with Crippen molar-refractivity contribution >= 4 is 12.1 Å². The summed E-state index contributed by atoms with van der Waals surface area (Å²) >= 11 is 0. The van der Waals surface area contributed by atoms with Crippen molar-refractivity contribution in [3.63, 3.8) is 0 Å². The second-order valence-electron chi connectivity index (χ2n) is 5.46. The number of benzene rings is 1. The number of ether oxygens (including phenoxy) is 2. The number of amides is 1. The first-order valence-electron chi connectivity index (χ1n) is 7.02. The van der Waals surface area contributed by atoms with Crippen LogP contribution in [0.2, 0.25) is 0 Å². The summed E-state index contributed by atoms with van der Waals surface area (Å²) in [5, 5.41) is 2.73. The van der Waals surface area contributed by atoms with E-state index in [0.717, 1.165) is 5.56 Å². The Balaban J connectivity index is 2.46. The van der Waals surface area contributed by atoms with Crippen LogP contribution in [0.25, 0.3) is 0 Å². The molecule has 1 aromatic carbocycles. The highest BCUT2D eigenvalue weighted by molar-refractivity contribution is 5.76. The third-order valence-corrected chi connectivity index (χ3v) is 3.03. The second kappa shape index (κ2) is 7.67. The summed E-state index contributed by atoms with van der Waals surface area (Å²) in [6, 6.07) is 9.41. The zero-order valence-corrected chi connectivity index (χ0v) is 13.0. The highest BCUT2D eigenvalue weighted by Crippen LogP contribution is 2.18. The van der Waals surface area contributed by atoms with Crippen molar-refractivity contribution in [3.8, 4) is 0 Å². The summed E-state index contributed by atoms with van der Waals surface area (Å²) in [5.41, 5.74) is 0.127. The summed E-state index contributed by atoms with van der Waals surface area (Å²) in [7, 11) is 0. The lowest BCUT2D eigenvalue weighted by molar-refractivity contribution is -0.155. The molecule has 1 N–H and O–H groups in total. The van der Waals surface area contributed by atoms with Crippen LogP contribution >= 0.6 is 0 Å². The number of esters is 1. The maximum Gasteiger partial charge on any atom is 0.407 e. The van der Waals surface area contributed by atoms with Gasteiger partial charge in [0, 0.05) is 0 Å². The molecule has 1 atom stereocenters. The molecular formula is C16H23NO4. The fraction of sp³-hybridized carbons (Fsp3) is 0.500. The predicted octanol–water partition coefficient (Wildman–Crippen LogP) is 3.06. The molecule has 5 heteroatoms. The molecule has 0 saturated heterocycles. The van der Waals surface area contributed by atoms with Crippen LogP contribution in [0.5, 0.6) is 0 Å². The van der Waals surface area contributed by atoms with E-state index in [-0.39, 0.29) is 18.6 Å². The molecular weight excluding hydrogens is 270 g/mol. The number of rotatable bonds is 6. The largest absolute Gasteiger partial charge is 0.465 e. The van der Waals surface area contributed by atoms with Crippen LogP contribution in [0.4, 0.5) is 4.79 Å². The molecule has 0 aliphatic heterocycles. The minimum atomic E-state index is -0.858. The van der Waals surface area contributed by atoms with Crippen LogP contribution in [0.1, 0.15) is 39.3 Å². The smallest absolute Gasteiger partial charge is 0.407 e. The van der Waals surface area contributed by atoms with Crippen LogP contribution in [0, 0.1) is 5.41 Å². The minimum Gasteiger partial charge on any atom is -0.465 e. The molecule has 1 unspecified atom stereocenters. The maximum atomic E-state index is 11.8. The van der Waals surface area contributed by atoms with Gasteiger partial charge in [0.25, 0.3) is 0 Å². The Morgan fingerprint density at radius 2 is 1.81 bits per heavy atom. The Morgan fingerprint density at radius 3 is 2.38 bits per heavy atom. The van der Waals surface area contributed by atoms with Gasteiger partial charge in [0.2, 0.25) is 0 Å². The quantitative estimate of drug-likeness (QED) is 0.819. The van der Waals surface area contributed by atoms with E-state index in [9.17, 15) is 9.59 Å². The van der Waals surface area contributed by atoms with Crippen LogP contribution in [-0.4, -0.2) is 25.3 Å². The summed E-state index contributed by atoms with van der Waals surface area (Å²) in [6.07, 6.45) is -0.552. The van der Waals surface area contributed by atoms with Gasteiger partial charge in [-0.05, 0) is 33.3 Å². The Morgan fingerprint density at radius 1 is 1.19 bits per heavy atom. The zero-order valence-electron chi connectivity index (χ0n) is 13.0. The first-order chi connectivity index (χ1) is 9.86. The Hall–Kier alpha value is -2.04. The van der Waals surface area contributed by atoms with Crippen LogP contribution < -0.4 is 5.32 Å². The maximum absolute atomic E-state index is 11.8. The van der Waals surface area contributed by atoms with Crippen molar-refractivity contribution in [1.29, 1.82) is 0 Å². The number of nitrogens with one attached hydrogen (secondary N) is 1. The number of hydrogen-bond acceptors (Lipinski definition) is 4. The summed E-state index contributed by atoms with van der Waals surface area (Å²) < 4.78 is 10.1. The van der Waals surface area contributed by atoms with E-state index in [1.807, 2.05) is 37.3 Å². The van der Waals surface area contributed by atoms with Crippen molar-refractivity contribution in [2.24, 2.45) is 5.41 Å². The molecule has 1 rings (SSSR count). The molecule has 0 aliphatic rings. The molecule has 1 aromatic rings. The summed E-state index contributed by atoms with van der Waals surface area (Å²) in [6.45, 7) is 7.24. The SMILES string of the molecule is CCOC(=O)C(C)(C)COC(=O)NC(C)c1ccccc1. The van der Waals surface area contributed by atoms with Crippen molar-refractivity contribution in [1.82, 2.24) is 5.32 Å². The van der Waals surface area contributed by atoms with Gasteiger partial charge in [-0.3, -0.25) is 4.79 Å². The fourth-order valence-corrected chi connectivity index (χ4v) is 1.67. The molecule has 1 amide bonds. The Kier molecular flexibility index (Phi) is 6.21. The van der Waals surface area contributed by atoms with Crippen LogP contribution in [0.3, 0.4) is 0 Å². The highest BCUT2D eigenvalue weighted by Gasteiger charge is 2.31. The summed E-state index contributed by atoms with van der Waals surface area (Å²) in [5.74, 6) is -0.381. The number of hydrogen-bond donors (Lipinski definition) is 1. The lowest BCUT2D eigenvalue weighted by Gasteiger charge is -2.22. The topological polar surface area (TPSA) is 64.6 Å². The van der Waals surface area contributed by atoms with E-state index in [1.165, 1.54) is 0 Å². The second-order valence-corrected chi connectivity index (χ2v) is 5.46. The average molecular weight is 293 g/mol. The first kappa shape index (κ1) is 17.0. The molecule has 0 radical (unpaired) electrons. The monoisotopic (exact) mass is 293 g/mol. The van der Waals surface area contributed by atoms with Crippen molar-refractivity contribution in [2.75, 3.05) is 13.2 Å². The molecule has 0 spiro atoms. The van der Waals surface area contributed by atoms with Crippen molar-refractivity contribution in [2.45, 2.75) is 33.7 Å². The minimum absolute atomic E-state index is 0.0286. The normalized spacial score (nSPS) is 12.4. The lowest BCUT2D eigenvalue weighted by Crippen LogP contribution is -2.35. The lowest BCUT2D eigenvalue weighted by atomic mass is 9.95. The van der Waals surface area contributed by atoms with E-state index in [0.29, 0.717) is 6.61 Å². The third kappa shape index (κ3) is 5.45. The van der Waals surface area contributed by atoms with E-state index in [2.05, 4.69) is 5.32 Å². The first-order valence-corrected chi connectivity index (χ1v) is 7.02. The average Bonchev–Trinajstić information content (AvgIpc) is 2.46. The molecule has 5 nitrogen and oxygen atoms in total. The van der Waals surface area contributed by atoms with E-state index < -0.39 is 11.5 Å². The van der Waals surface area contributed by atoms with Gasteiger partial charge in [-0.2, -0.15) is 0 Å². The molecule has 0 aliphatic carbocycles. The molecule has 0 bridgehead atoms. The highest BCUT2D eigenvalue weighted by atomic mass is 16.6. The van der Waals surface area contributed by atoms with E-state index in [1.54, 1.807) is 20.8 Å². The summed E-state index contributed by atoms with van der Waals surface area (Å²) in [4.78, 5) is 23.5. The van der Waals surface area contributed by atoms with Crippen molar-refractivity contribution in [3.05, 3.63) is 35.9 Å². The van der Waals surface area contributed by atoms with Gasteiger partial charge >= 0.3 is 12.1 Å². The van der Waals surface area contributed by atoms with Crippen molar-refractivity contribution < 1.29 is 19.1 Å². The van der Waals surface area contributed by atoms with Gasteiger partial charge in [0.15, 0.2) is 0 Å². The molecule has 0 heterocycles. The van der Waals surface area contributed by atoms with E-state index in [4.69, 9.17) is 9.47 Å². The fourth-order valence-electron chi connectivity index (χ4n) is 1.67. The zero-order chi connectivity index (χ0) is 15.9.